The Labute approximate surface area is 125 Å². The van der Waals surface area contributed by atoms with Gasteiger partial charge in [-0.3, -0.25) is 0 Å². The van der Waals surface area contributed by atoms with Gasteiger partial charge in [-0.1, -0.05) is 0 Å². The van der Waals surface area contributed by atoms with Crippen molar-refractivity contribution in [2.24, 2.45) is 0 Å². The predicted molar refractivity (Wildman–Crippen MR) is 82.4 cm³/mol. The standard InChI is InChI=1S/C16H14N2O2S/c1-2-9-6-15(21-14(9)3-1)16-17-10-7-12-13(8-11(10)18-16)20-5-4-19-12/h6-8H,1-5H2,(H,17,18). The first-order valence-electron chi connectivity index (χ1n) is 7.28. The van der Waals surface area contributed by atoms with E-state index in [0.29, 0.717) is 13.2 Å². The van der Waals surface area contributed by atoms with Crippen LogP contribution in [0.15, 0.2) is 18.2 Å². The molecule has 5 heteroatoms. The van der Waals surface area contributed by atoms with Gasteiger partial charge in [0.25, 0.3) is 0 Å². The number of aryl methyl sites for hydroxylation is 2. The van der Waals surface area contributed by atoms with Gasteiger partial charge in [0.05, 0.1) is 15.9 Å². The summed E-state index contributed by atoms with van der Waals surface area (Å²) in [6.07, 6.45) is 3.72. The van der Waals surface area contributed by atoms with Crippen molar-refractivity contribution in [3.63, 3.8) is 0 Å². The van der Waals surface area contributed by atoms with E-state index in [4.69, 9.17) is 14.5 Å². The number of hydrogen-bond acceptors (Lipinski definition) is 4. The second kappa shape index (κ2) is 4.24. The highest BCUT2D eigenvalue weighted by Gasteiger charge is 2.19. The van der Waals surface area contributed by atoms with Crippen molar-refractivity contribution >= 4 is 22.4 Å². The van der Waals surface area contributed by atoms with Gasteiger partial charge in [-0.2, -0.15) is 0 Å². The molecule has 4 nitrogen and oxygen atoms in total. The summed E-state index contributed by atoms with van der Waals surface area (Å²) in [4.78, 5) is 10.9. The maximum atomic E-state index is 5.63. The number of ether oxygens (including phenoxy) is 2. The summed E-state index contributed by atoms with van der Waals surface area (Å²) in [7, 11) is 0. The molecule has 3 aromatic rings. The molecule has 0 saturated heterocycles. The van der Waals surface area contributed by atoms with Crippen LogP contribution in [0.25, 0.3) is 21.7 Å². The molecule has 0 bridgehead atoms. The molecule has 1 N–H and O–H groups in total. The maximum absolute atomic E-state index is 5.63. The Balaban J connectivity index is 1.63. The number of thiophene rings is 1. The van der Waals surface area contributed by atoms with E-state index >= 15 is 0 Å². The van der Waals surface area contributed by atoms with Crippen LogP contribution in [-0.4, -0.2) is 23.2 Å². The highest BCUT2D eigenvalue weighted by atomic mass is 32.1. The maximum Gasteiger partial charge on any atom is 0.163 e. The van der Waals surface area contributed by atoms with Gasteiger partial charge in [-0.25, -0.2) is 4.98 Å². The molecule has 0 atom stereocenters. The van der Waals surface area contributed by atoms with E-state index in [-0.39, 0.29) is 0 Å². The van der Waals surface area contributed by atoms with Gasteiger partial charge in [-0.05, 0) is 30.9 Å². The van der Waals surface area contributed by atoms with E-state index in [1.54, 1.807) is 0 Å². The highest BCUT2D eigenvalue weighted by molar-refractivity contribution is 7.15. The van der Waals surface area contributed by atoms with Crippen molar-refractivity contribution < 1.29 is 9.47 Å². The number of rotatable bonds is 1. The number of hydrogen-bond donors (Lipinski definition) is 1. The van der Waals surface area contributed by atoms with Crippen molar-refractivity contribution in [3.8, 4) is 22.2 Å². The van der Waals surface area contributed by atoms with Gasteiger partial charge in [0.1, 0.15) is 19.0 Å². The summed E-state index contributed by atoms with van der Waals surface area (Å²) < 4.78 is 11.2. The van der Waals surface area contributed by atoms with Gasteiger partial charge in [0.15, 0.2) is 11.5 Å². The number of nitrogens with one attached hydrogen (secondary N) is 1. The Morgan fingerprint density at radius 3 is 2.76 bits per heavy atom. The summed E-state index contributed by atoms with van der Waals surface area (Å²) >= 11 is 1.87. The van der Waals surface area contributed by atoms with Gasteiger partial charge < -0.3 is 14.5 Å². The summed E-state index contributed by atoms with van der Waals surface area (Å²) in [6.45, 7) is 1.21. The van der Waals surface area contributed by atoms with Crippen LogP contribution in [0.1, 0.15) is 16.9 Å². The summed E-state index contributed by atoms with van der Waals surface area (Å²) in [6, 6.07) is 6.24. The lowest BCUT2D eigenvalue weighted by Gasteiger charge is -2.17. The Kier molecular flexibility index (Phi) is 2.35. The Morgan fingerprint density at radius 1 is 1.05 bits per heavy atom. The van der Waals surface area contributed by atoms with Crippen LogP contribution in [0.5, 0.6) is 11.5 Å². The lowest BCUT2D eigenvalue weighted by atomic mass is 10.2. The van der Waals surface area contributed by atoms with E-state index in [0.717, 1.165) is 28.4 Å². The Hall–Kier alpha value is -2.01. The monoisotopic (exact) mass is 298 g/mol. The van der Waals surface area contributed by atoms with E-state index < -0.39 is 0 Å². The van der Waals surface area contributed by atoms with E-state index in [9.17, 15) is 0 Å². The fraction of sp³-hybridized carbons (Fsp3) is 0.312. The summed E-state index contributed by atoms with van der Waals surface area (Å²) in [5, 5.41) is 0. The largest absolute Gasteiger partial charge is 0.486 e. The molecule has 0 saturated carbocycles. The quantitative estimate of drug-likeness (QED) is 0.747. The third-order valence-electron chi connectivity index (χ3n) is 4.13. The molecule has 0 fully saturated rings. The molecular weight excluding hydrogens is 284 g/mol. The zero-order valence-corrected chi connectivity index (χ0v) is 12.3. The van der Waals surface area contributed by atoms with Crippen LogP contribution in [0.3, 0.4) is 0 Å². The normalized spacial score (nSPS) is 16.4. The zero-order chi connectivity index (χ0) is 13.8. The number of H-pyrrole nitrogens is 1. The third-order valence-corrected chi connectivity index (χ3v) is 5.37. The lowest BCUT2D eigenvalue weighted by molar-refractivity contribution is 0.172. The highest BCUT2D eigenvalue weighted by Crippen LogP contribution is 2.38. The van der Waals surface area contributed by atoms with Gasteiger partial charge in [0.2, 0.25) is 0 Å². The molecule has 21 heavy (non-hydrogen) atoms. The van der Waals surface area contributed by atoms with E-state index in [1.807, 2.05) is 23.5 Å². The molecule has 1 aliphatic carbocycles. The molecule has 2 aromatic heterocycles. The second-order valence-corrected chi connectivity index (χ2v) is 6.65. The van der Waals surface area contributed by atoms with Crippen LogP contribution in [0.2, 0.25) is 0 Å². The molecule has 1 aliphatic heterocycles. The van der Waals surface area contributed by atoms with Crippen LogP contribution in [0.4, 0.5) is 0 Å². The molecule has 3 heterocycles. The minimum Gasteiger partial charge on any atom is -0.486 e. The molecule has 0 radical (unpaired) electrons. The number of aromatic amines is 1. The second-order valence-electron chi connectivity index (χ2n) is 5.51. The number of imidazole rings is 1. The molecule has 2 aliphatic rings. The molecule has 0 unspecified atom stereocenters. The van der Waals surface area contributed by atoms with E-state index in [1.165, 1.54) is 34.6 Å². The molecule has 5 rings (SSSR count). The average molecular weight is 298 g/mol. The first kappa shape index (κ1) is 11.6. The number of benzene rings is 1. The topological polar surface area (TPSA) is 47.1 Å². The SMILES string of the molecule is c1c(-c2nc3cc4c(cc3[nH]2)OCCO4)sc2c1CCC2. The fourth-order valence-electron chi connectivity index (χ4n) is 3.11. The summed E-state index contributed by atoms with van der Waals surface area (Å²) in [5.74, 6) is 2.55. The van der Waals surface area contributed by atoms with Crippen LogP contribution < -0.4 is 9.47 Å². The van der Waals surface area contributed by atoms with Crippen molar-refractivity contribution in [2.45, 2.75) is 19.3 Å². The molecule has 1 aromatic carbocycles. The lowest BCUT2D eigenvalue weighted by Crippen LogP contribution is -2.15. The smallest absolute Gasteiger partial charge is 0.163 e. The van der Waals surface area contributed by atoms with Crippen molar-refractivity contribution in [1.82, 2.24) is 9.97 Å². The minimum atomic E-state index is 0.605. The van der Waals surface area contributed by atoms with Crippen molar-refractivity contribution in [2.75, 3.05) is 13.2 Å². The number of fused-ring (bicyclic) bond motifs is 3. The van der Waals surface area contributed by atoms with E-state index in [2.05, 4.69) is 11.1 Å². The Morgan fingerprint density at radius 2 is 1.90 bits per heavy atom. The van der Waals surface area contributed by atoms with Gasteiger partial charge in [-0.15, -0.1) is 11.3 Å². The summed E-state index contributed by atoms with van der Waals surface area (Å²) in [5.41, 5.74) is 3.44. The molecule has 106 valence electrons. The molecule has 0 spiro atoms. The minimum absolute atomic E-state index is 0.605. The Bertz CT molecular complexity index is 785. The van der Waals surface area contributed by atoms with Crippen molar-refractivity contribution in [3.05, 3.63) is 28.6 Å². The first-order chi connectivity index (χ1) is 10.4. The van der Waals surface area contributed by atoms with Crippen LogP contribution in [-0.2, 0) is 12.8 Å². The molecular formula is C16H14N2O2S. The zero-order valence-electron chi connectivity index (χ0n) is 11.4. The molecule has 0 amide bonds. The predicted octanol–water partition coefficient (Wildman–Crippen LogP) is 3.55. The number of nitrogens with zero attached hydrogens (tertiary/aromatic N) is 1. The van der Waals surface area contributed by atoms with Crippen LogP contribution in [0, 0.1) is 0 Å². The van der Waals surface area contributed by atoms with Crippen molar-refractivity contribution in [1.29, 1.82) is 0 Å². The van der Waals surface area contributed by atoms with Crippen LogP contribution >= 0.6 is 11.3 Å². The van der Waals surface area contributed by atoms with Gasteiger partial charge >= 0.3 is 0 Å². The third kappa shape index (κ3) is 1.77. The number of aromatic nitrogens is 2. The average Bonchev–Trinajstić information content (AvgIpc) is 3.17. The fourth-order valence-corrected chi connectivity index (χ4v) is 4.31. The van der Waals surface area contributed by atoms with Gasteiger partial charge in [0, 0.05) is 17.0 Å². The first-order valence-corrected chi connectivity index (χ1v) is 8.10.